The molecule has 1 fully saturated rings. The van der Waals surface area contributed by atoms with E-state index in [0.717, 1.165) is 51.7 Å². The lowest BCUT2D eigenvalue weighted by Crippen LogP contribution is -2.44. The van der Waals surface area contributed by atoms with Crippen molar-refractivity contribution in [2.24, 2.45) is 5.41 Å². The number of likely N-dealkylation sites (tertiary alicyclic amines) is 1. The smallest absolute Gasteiger partial charge is 0.309 e. The van der Waals surface area contributed by atoms with Crippen LogP contribution < -0.4 is 0 Å². The van der Waals surface area contributed by atoms with Crippen molar-refractivity contribution in [1.29, 1.82) is 5.26 Å². The molecule has 0 aliphatic carbocycles. The third-order valence-corrected chi connectivity index (χ3v) is 3.76. The predicted octanol–water partition coefficient (Wildman–Crippen LogP) is 2.26. The summed E-state index contributed by atoms with van der Waals surface area (Å²) in [5.41, 5.74) is -0.486. The molecule has 0 amide bonds. The Morgan fingerprint density at radius 1 is 1.47 bits per heavy atom. The zero-order valence-electron chi connectivity index (χ0n) is 10.6. The number of aliphatic carboxylic acids is 1. The molecule has 0 spiro atoms. The lowest BCUT2D eigenvalue weighted by atomic mass is 9.75. The fourth-order valence-corrected chi connectivity index (χ4v) is 2.64. The van der Waals surface area contributed by atoms with E-state index < -0.39 is 11.4 Å². The summed E-state index contributed by atoms with van der Waals surface area (Å²) in [5, 5.41) is 17.8. The molecular formula is C13H22N2O2. The van der Waals surface area contributed by atoms with Gasteiger partial charge in [-0.15, -0.1) is 0 Å². The lowest BCUT2D eigenvalue weighted by Gasteiger charge is -2.38. The van der Waals surface area contributed by atoms with Crippen LogP contribution in [0.25, 0.3) is 0 Å². The first-order valence-electron chi connectivity index (χ1n) is 6.47. The average Bonchev–Trinajstić information content (AvgIpc) is 2.32. The Morgan fingerprint density at radius 2 is 2.12 bits per heavy atom. The van der Waals surface area contributed by atoms with E-state index in [0.29, 0.717) is 6.42 Å². The topological polar surface area (TPSA) is 64.3 Å². The molecule has 1 aliphatic rings. The number of hydrogen-bond donors (Lipinski definition) is 1. The molecule has 0 saturated carbocycles. The molecule has 0 unspecified atom stereocenters. The van der Waals surface area contributed by atoms with E-state index in [9.17, 15) is 9.90 Å². The highest BCUT2D eigenvalue weighted by Gasteiger charge is 2.40. The number of carbonyl (C=O) groups is 1. The third-order valence-electron chi connectivity index (χ3n) is 3.76. The Hall–Kier alpha value is -1.08. The van der Waals surface area contributed by atoms with Crippen molar-refractivity contribution in [2.75, 3.05) is 19.6 Å². The minimum Gasteiger partial charge on any atom is -0.481 e. The molecule has 1 N–H and O–H groups in total. The second-order valence-electron chi connectivity index (χ2n) is 4.94. The Labute approximate surface area is 103 Å². The van der Waals surface area contributed by atoms with Gasteiger partial charge in [0.15, 0.2) is 0 Å². The third kappa shape index (κ3) is 3.71. The van der Waals surface area contributed by atoms with Gasteiger partial charge in [0, 0.05) is 6.42 Å². The van der Waals surface area contributed by atoms with Gasteiger partial charge in [-0.3, -0.25) is 4.79 Å². The molecule has 0 aromatic carbocycles. The number of nitrogens with zero attached hydrogens (tertiary/aromatic N) is 2. The van der Waals surface area contributed by atoms with Crippen molar-refractivity contribution < 1.29 is 9.90 Å². The number of hydrogen-bond acceptors (Lipinski definition) is 3. The fraction of sp³-hybridized carbons (Fsp3) is 0.846. The molecule has 0 radical (unpaired) electrons. The highest BCUT2D eigenvalue weighted by atomic mass is 16.4. The largest absolute Gasteiger partial charge is 0.481 e. The zero-order chi connectivity index (χ0) is 12.7. The first-order chi connectivity index (χ1) is 8.14. The minimum atomic E-state index is -0.629. The van der Waals surface area contributed by atoms with Crippen LogP contribution in [0.3, 0.4) is 0 Å². The van der Waals surface area contributed by atoms with E-state index in [4.69, 9.17) is 5.26 Å². The van der Waals surface area contributed by atoms with Crippen molar-refractivity contribution in [3.05, 3.63) is 0 Å². The molecule has 0 bridgehead atoms. The van der Waals surface area contributed by atoms with Crippen LogP contribution in [0.15, 0.2) is 0 Å². The van der Waals surface area contributed by atoms with Gasteiger partial charge >= 0.3 is 5.97 Å². The number of carboxylic acids is 1. The first kappa shape index (κ1) is 14.0. The van der Waals surface area contributed by atoms with Crippen LogP contribution in [-0.4, -0.2) is 35.6 Å². The van der Waals surface area contributed by atoms with Crippen LogP contribution in [0, 0.1) is 16.7 Å². The van der Waals surface area contributed by atoms with E-state index in [1.165, 1.54) is 0 Å². The van der Waals surface area contributed by atoms with Crippen LogP contribution in [0.5, 0.6) is 0 Å². The van der Waals surface area contributed by atoms with E-state index in [1.807, 2.05) is 6.92 Å². The molecule has 0 atom stereocenters. The van der Waals surface area contributed by atoms with Gasteiger partial charge in [-0.25, -0.2) is 0 Å². The van der Waals surface area contributed by atoms with Crippen LogP contribution in [0.1, 0.15) is 45.4 Å². The van der Waals surface area contributed by atoms with Crippen LogP contribution in [0.4, 0.5) is 0 Å². The predicted molar refractivity (Wildman–Crippen MR) is 65.5 cm³/mol. The average molecular weight is 238 g/mol. The second-order valence-corrected chi connectivity index (χ2v) is 4.94. The summed E-state index contributed by atoms with van der Waals surface area (Å²) in [6.07, 6.45) is 4.71. The monoisotopic (exact) mass is 238 g/mol. The van der Waals surface area contributed by atoms with Crippen molar-refractivity contribution in [1.82, 2.24) is 4.90 Å². The molecule has 0 aromatic heterocycles. The van der Waals surface area contributed by atoms with Gasteiger partial charge in [0.05, 0.1) is 11.5 Å². The summed E-state index contributed by atoms with van der Waals surface area (Å²) in [4.78, 5) is 13.7. The summed E-state index contributed by atoms with van der Waals surface area (Å²) in [6, 6.07) is 2.14. The molecule has 4 heteroatoms. The summed E-state index contributed by atoms with van der Waals surface area (Å²) < 4.78 is 0. The van der Waals surface area contributed by atoms with Crippen LogP contribution in [-0.2, 0) is 4.79 Å². The SMILES string of the molecule is CCCC1(C(=O)O)CCN(CCCC#N)CC1. The van der Waals surface area contributed by atoms with E-state index >= 15 is 0 Å². The summed E-state index contributed by atoms with van der Waals surface area (Å²) in [6.45, 7) is 4.69. The highest BCUT2D eigenvalue weighted by molar-refractivity contribution is 5.74. The number of nitriles is 1. The molecule has 1 rings (SSSR count). The van der Waals surface area contributed by atoms with E-state index in [-0.39, 0.29) is 0 Å². The maximum absolute atomic E-state index is 11.4. The minimum absolute atomic E-state index is 0.486. The van der Waals surface area contributed by atoms with Crippen molar-refractivity contribution in [3.8, 4) is 6.07 Å². The van der Waals surface area contributed by atoms with Gasteiger partial charge in [0.25, 0.3) is 0 Å². The van der Waals surface area contributed by atoms with Gasteiger partial charge in [-0.05, 0) is 45.3 Å². The number of piperidine rings is 1. The molecule has 1 saturated heterocycles. The van der Waals surface area contributed by atoms with E-state index in [1.54, 1.807) is 0 Å². The quantitative estimate of drug-likeness (QED) is 0.721. The van der Waals surface area contributed by atoms with Gasteiger partial charge in [-0.2, -0.15) is 5.26 Å². The van der Waals surface area contributed by atoms with Gasteiger partial charge in [-0.1, -0.05) is 13.3 Å². The molecule has 96 valence electrons. The number of unbranched alkanes of at least 4 members (excludes halogenated alkanes) is 1. The van der Waals surface area contributed by atoms with Gasteiger partial charge in [0.1, 0.15) is 0 Å². The lowest BCUT2D eigenvalue weighted by molar-refractivity contribution is -0.152. The van der Waals surface area contributed by atoms with Gasteiger partial charge in [0.2, 0.25) is 0 Å². The molecule has 1 aliphatic heterocycles. The maximum atomic E-state index is 11.4. The first-order valence-corrected chi connectivity index (χ1v) is 6.47. The second kappa shape index (κ2) is 6.61. The Balaban J connectivity index is 2.42. The number of carboxylic acid groups (broad SMARTS) is 1. The summed E-state index contributed by atoms with van der Waals surface area (Å²) >= 11 is 0. The van der Waals surface area contributed by atoms with E-state index in [2.05, 4.69) is 11.0 Å². The van der Waals surface area contributed by atoms with Crippen LogP contribution >= 0.6 is 0 Å². The fourth-order valence-electron chi connectivity index (χ4n) is 2.64. The van der Waals surface area contributed by atoms with Crippen molar-refractivity contribution in [2.45, 2.75) is 45.4 Å². The maximum Gasteiger partial charge on any atom is 0.309 e. The summed E-state index contributed by atoms with van der Waals surface area (Å²) in [5.74, 6) is -0.629. The molecule has 0 aromatic rings. The molecular weight excluding hydrogens is 216 g/mol. The molecule has 1 heterocycles. The van der Waals surface area contributed by atoms with Gasteiger partial charge < -0.3 is 10.0 Å². The van der Waals surface area contributed by atoms with Crippen molar-refractivity contribution in [3.63, 3.8) is 0 Å². The molecule has 4 nitrogen and oxygen atoms in total. The Kier molecular flexibility index (Phi) is 5.43. The highest BCUT2D eigenvalue weighted by Crippen LogP contribution is 2.36. The van der Waals surface area contributed by atoms with Crippen molar-refractivity contribution >= 4 is 5.97 Å². The normalized spacial score (nSPS) is 19.8. The zero-order valence-corrected chi connectivity index (χ0v) is 10.6. The van der Waals surface area contributed by atoms with Crippen LogP contribution in [0.2, 0.25) is 0 Å². The Morgan fingerprint density at radius 3 is 2.59 bits per heavy atom. The summed E-state index contributed by atoms with van der Waals surface area (Å²) in [7, 11) is 0. The molecule has 17 heavy (non-hydrogen) atoms. The standard InChI is InChI=1S/C13H22N2O2/c1-2-5-13(12(16)17)6-10-15(11-7-13)9-4-3-8-14/h2-7,9-11H2,1H3,(H,16,17). The number of rotatable bonds is 6. The Bertz CT molecular complexity index is 288.